The first-order valence-electron chi connectivity index (χ1n) is 14.0. The van der Waals surface area contributed by atoms with Crippen molar-refractivity contribution in [1.82, 2.24) is 30.4 Å². The highest BCUT2D eigenvalue weighted by Crippen LogP contribution is 2.37. The molecule has 43 heavy (non-hydrogen) atoms. The summed E-state index contributed by atoms with van der Waals surface area (Å²) in [6.45, 7) is 6.52. The summed E-state index contributed by atoms with van der Waals surface area (Å²) in [5.41, 5.74) is 3.75. The lowest BCUT2D eigenvalue weighted by Gasteiger charge is -2.39. The number of likely N-dealkylation sites (tertiary alicyclic amines) is 1. The number of nitrogens with zero attached hydrogens (tertiary/aromatic N) is 4. The fourth-order valence-electron chi connectivity index (χ4n) is 5.08. The molecule has 1 aromatic rings. The highest BCUT2D eigenvalue weighted by atomic mass is 19.4. The lowest BCUT2D eigenvalue weighted by atomic mass is 9.76. The number of hydrogen-bond donors (Lipinski definition) is 4. The second-order valence-corrected chi connectivity index (χ2v) is 11.9. The number of carboxylic acid groups (broad SMARTS) is 1. The third-order valence-electron chi connectivity index (χ3n) is 7.59. The van der Waals surface area contributed by atoms with Crippen molar-refractivity contribution in [2.75, 3.05) is 33.7 Å². The first-order valence-corrected chi connectivity index (χ1v) is 14.0. The topological polar surface area (TPSA) is 154 Å². The van der Waals surface area contributed by atoms with E-state index in [9.17, 15) is 22.8 Å². The number of amides is 2. The van der Waals surface area contributed by atoms with Gasteiger partial charge in [0.25, 0.3) is 5.91 Å². The standard InChI is InChI=1S/C27H37N7O2.C2HF3O2/c1-27(2)11-7-19(8-12-27)24-22(32-26(36)25-29-16-20(15-28)30-25)6-5-21(31-24)18-9-13-34(14-10-18)23(35)17-33(3)4;3-2(4,5)1(6)7/h5-7,16,18,24,31H,8-14,17H2,1-4H3,(H,29,30)(H,32,36);(H,6,7). The fraction of sp³-hybridized carbons (Fsp3) is 0.552. The summed E-state index contributed by atoms with van der Waals surface area (Å²) < 4.78 is 31.7. The number of carbonyl (C=O) groups excluding carboxylic acids is 2. The van der Waals surface area contributed by atoms with Gasteiger partial charge in [-0.1, -0.05) is 19.9 Å². The molecule has 14 heteroatoms. The number of nitrogens with one attached hydrogen (secondary N) is 3. The first kappa shape index (κ1) is 33.4. The van der Waals surface area contributed by atoms with Gasteiger partial charge in [0.2, 0.25) is 5.91 Å². The minimum Gasteiger partial charge on any atom is -0.475 e. The van der Waals surface area contributed by atoms with Crippen LogP contribution in [0.15, 0.2) is 41.4 Å². The summed E-state index contributed by atoms with van der Waals surface area (Å²) in [6.07, 6.45) is 7.51. The molecule has 3 aliphatic rings. The summed E-state index contributed by atoms with van der Waals surface area (Å²) in [6, 6.07) is 1.84. The number of likely N-dealkylation sites (N-methyl/N-ethyl adjacent to an activating group) is 1. The van der Waals surface area contributed by atoms with Gasteiger partial charge in [0, 0.05) is 30.4 Å². The molecule has 0 bridgehead atoms. The monoisotopic (exact) mass is 605 g/mol. The lowest BCUT2D eigenvalue weighted by Crippen LogP contribution is -2.47. The molecule has 2 amide bonds. The molecule has 3 heterocycles. The van der Waals surface area contributed by atoms with E-state index in [0.29, 0.717) is 12.5 Å². The van der Waals surface area contributed by atoms with Crippen molar-refractivity contribution < 1.29 is 32.7 Å². The molecule has 11 nitrogen and oxygen atoms in total. The average Bonchev–Trinajstić information content (AvgIpc) is 3.43. The molecule has 0 radical (unpaired) electrons. The molecule has 234 valence electrons. The van der Waals surface area contributed by atoms with Crippen molar-refractivity contribution in [3.8, 4) is 6.07 Å². The van der Waals surface area contributed by atoms with E-state index in [-0.39, 0.29) is 34.8 Å². The number of aliphatic carboxylic acids is 1. The van der Waals surface area contributed by atoms with E-state index in [0.717, 1.165) is 56.6 Å². The number of rotatable bonds is 6. The number of H-pyrrole nitrogens is 1. The molecule has 1 aliphatic carbocycles. The Kier molecular flexibility index (Phi) is 10.8. The zero-order valence-corrected chi connectivity index (χ0v) is 24.7. The van der Waals surface area contributed by atoms with Crippen molar-refractivity contribution in [1.29, 1.82) is 5.26 Å². The number of hydrogen-bond acceptors (Lipinski definition) is 7. The first-order chi connectivity index (χ1) is 20.1. The molecule has 1 unspecified atom stereocenters. The predicted molar refractivity (Wildman–Crippen MR) is 151 cm³/mol. The third-order valence-corrected chi connectivity index (χ3v) is 7.59. The number of dihydropyridines is 1. The highest BCUT2D eigenvalue weighted by Gasteiger charge is 2.38. The largest absolute Gasteiger partial charge is 0.490 e. The van der Waals surface area contributed by atoms with Crippen molar-refractivity contribution in [2.24, 2.45) is 11.3 Å². The van der Waals surface area contributed by atoms with Crippen LogP contribution < -0.4 is 10.6 Å². The Morgan fingerprint density at radius 1 is 1.23 bits per heavy atom. The summed E-state index contributed by atoms with van der Waals surface area (Å²) >= 11 is 0. The van der Waals surface area contributed by atoms with E-state index in [1.165, 1.54) is 11.8 Å². The summed E-state index contributed by atoms with van der Waals surface area (Å²) in [5.74, 6) is -2.48. The molecule has 0 spiro atoms. The number of halogens is 3. The fourth-order valence-corrected chi connectivity index (χ4v) is 5.08. The van der Waals surface area contributed by atoms with Gasteiger partial charge in [-0.05, 0) is 69.3 Å². The van der Waals surface area contributed by atoms with Crippen LogP contribution >= 0.6 is 0 Å². The molecule has 0 saturated carbocycles. The molecular formula is C29H38F3N7O4. The Labute approximate surface area is 248 Å². The number of piperidine rings is 1. The maximum absolute atomic E-state index is 12.9. The normalized spacial score (nSPS) is 20.4. The quantitative estimate of drug-likeness (QED) is 0.360. The predicted octanol–water partition coefficient (Wildman–Crippen LogP) is 3.32. The van der Waals surface area contributed by atoms with E-state index in [1.807, 2.05) is 36.0 Å². The number of allylic oxidation sites excluding steroid dienone is 4. The maximum Gasteiger partial charge on any atom is 0.490 e. The van der Waals surface area contributed by atoms with Crippen LogP contribution in [0.3, 0.4) is 0 Å². The molecule has 1 atom stereocenters. The third kappa shape index (κ3) is 9.44. The van der Waals surface area contributed by atoms with Crippen LogP contribution in [-0.4, -0.2) is 88.6 Å². The Morgan fingerprint density at radius 3 is 2.40 bits per heavy atom. The van der Waals surface area contributed by atoms with Crippen LogP contribution in [0.25, 0.3) is 0 Å². The lowest BCUT2D eigenvalue weighted by molar-refractivity contribution is -0.192. The van der Waals surface area contributed by atoms with Crippen molar-refractivity contribution in [3.63, 3.8) is 0 Å². The van der Waals surface area contributed by atoms with Gasteiger partial charge >= 0.3 is 12.1 Å². The molecule has 1 aromatic heterocycles. The van der Waals surface area contributed by atoms with Crippen LogP contribution in [0, 0.1) is 22.7 Å². The van der Waals surface area contributed by atoms with E-state index in [2.05, 4.69) is 46.6 Å². The summed E-state index contributed by atoms with van der Waals surface area (Å²) in [5, 5.41) is 22.9. The Balaban J connectivity index is 0.000000646. The van der Waals surface area contributed by atoms with E-state index >= 15 is 0 Å². The van der Waals surface area contributed by atoms with Gasteiger partial charge in [-0.3, -0.25) is 9.59 Å². The molecule has 2 aliphatic heterocycles. The number of carboxylic acids is 1. The van der Waals surface area contributed by atoms with E-state index < -0.39 is 12.1 Å². The maximum atomic E-state index is 12.9. The molecule has 1 saturated heterocycles. The molecule has 4 N–H and O–H groups in total. The second-order valence-electron chi connectivity index (χ2n) is 11.9. The van der Waals surface area contributed by atoms with Crippen LogP contribution in [0.5, 0.6) is 0 Å². The van der Waals surface area contributed by atoms with E-state index in [4.69, 9.17) is 15.2 Å². The van der Waals surface area contributed by atoms with E-state index in [1.54, 1.807) is 0 Å². The van der Waals surface area contributed by atoms with Gasteiger partial charge in [0.15, 0.2) is 5.82 Å². The van der Waals surface area contributed by atoms with Crippen LogP contribution in [0.1, 0.15) is 62.3 Å². The Hall–Kier alpha value is -4.12. The van der Waals surface area contributed by atoms with Crippen molar-refractivity contribution >= 4 is 17.8 Å². The Morgan fingerprint density at radius 2 is 1.88 bits per heavy atom. The minimum absolute atomic E-state index is 0.120. The number of aromatic nitrogens is 2. The highest BCUT2D eigenvalue weighted by molar-refractivity contribution is 5.92. The number of imidazole rings is 1. The zero-order chi connectivity index (χ0) is 31.9. The average molecular weight is 606 g/mol. The molecular weight excluding hydrogens is 567 g/mol. The van der Waals surface area contributed by atoms with Gasteiger partial charge in [0.1, 0.15) is 11.8 Å². The summed E-state index contributed by atoms with van der Waals surface area (Å²) in [7, 11) is 3.83. The summed E-state index contributed by atoms with van der Waals surface area (Å²) in [4.78, 5) is 44.9. The van der Waals surface area contributed by atoms with Gasteiger partial charge < -0.3 is 30.5 Å². The SMILES string of the molecule is CN(C)CC(=O)N1CCC(C2=CC=C(NC(=O)c3ncc(C#N)[nH]3)C(C3=CCC(C)(C)CC3)N2)CC1.O=C(O)C(F)(F)F. The van der Waals surface area contributed by atoms with Gasteiger partial charge in [-0.25, -0.2) is 9.78 Å². The van der Waals surface area contributed by atoms with Gasteiger partial charge in [-0.2, -0.15) is 18.4 Å². The number of aromatic amines is 1. The molecule has 0 aromatic carbocycles. The number of nitriles is 1. The second kappa shape index (κ2) is 13.9. The van der Waals surface area contributed by atoms with Crippen LogP contribution in [0.4, 0.5) is 13.2 Å². The minimum atomic E-state index is -5.08. The Bertz CT molecular complexity index is 1330. The number of alkyl halides is 3. The molecule has 4 rings (SSSR count). The number of carbonyl (C=O) groups is 3. The van der Waals surface area contributed by atoms with Gasteiger partial charge in [0.05, 0.1) is 18.8 Å². The van der Waals surface area contributed by atoms with Gasteiger partial charge in [-0.15, -0.1) is 0 Å². The zero-order valence-electron chi connectivity index (χ0n) is 24.7. The smallest absolute Gasteiger partial charge is 0.475 e. The van der Waals surface area contributed by atoms with Crippen LogP contribution in [-0.2, 0) is 9.59 Å². The van der Waals surface area contributed by atoms with Crippen molar-refractivity contribution in [3.05, 3.63) is 52.9 Å². The van der Waals surface area contributed by atoms with Crippen molar-refractivity contribution in [2.45, 2.75) is 58.2 Å². The van der Waals surface area contributed by atoms with Crippen LogP contribution in [0.2, 0.25) is 0 Å². The molecule has 1 fully saturated rings.